The van der Waals surface area contributed by atoms with Crippen LogP contribution in [-0.4, -0.2) is 9.13 Å². The van der Waals surface area contributed by atoms with Gasteiger partial charge in [-0.1, -0.05) is 206 Å². The monoisotopic (exact) mass is 836 g/mol. The van der Waals surface area contributed by atoms with E-state index < -0.39 is 0 Å². The van der Waals surface area contributed by atoms with E-state index in [1.807, 2.05) is 0 Å². The van der Waals surface area contributed by atoms with Gasteiger partial charge >= 0.3 is 0 Å². The van der Waals surface area contributed by atoms with E-state index in [0.29, 0.717) is 0 Å². The molecule has 0 aliphatic rings. The molecule has 2 nitrogen and oxygen atoms in total. The fourth-order valence-electron chi connectivity index (χ4n) is 11.2. The molecule has 0 unspecified atom stereocenters. The number of aromatic nitrogens is 2. The van der Waals surface area contributed by atoms with Gasteiger partial charge in [-0.3, -0.25) is 0 Å². The average Bonchev–Trinajstić information content (AvgIpc) is 3.89. The Hall–Kier alpha value is -8.72. The molecule has 12 aromatic carbocycles. The molecule has 0 N–H and O–H groups in total. The lowest BCUT2D eigenvalue weighted by Gasteiger charge is -2.18. The first-order valence-corrected chi connectivity index (χ1v) is 22.8. The van der Waals surface area contributed by atoms with Crippen molar-refractivity contribution in [2.24, 2.45) is 0 Å². The van der Waals surface area contributed by atoms with E-state index in [2.05, 4.69) is 252 Å². The van der Waals surface area contributed by atoms with Gasteiger partial charge in [-0.15, -0.1) is 0 Å². The molecule has 2 heteroatoms. The standard InChI is InChI=1S/C64H40N2/c1-3-19-45-41(15-1)17-13-27-47(45)43-31-33-57-55-25-9-11-29-59(55)65(63(57)39-43)61-37-35-51(49-21-5-7-23-53(49)61)52-36-38-62(54-24-8-6-22-50(52)54)66-60-30-12-10-26-56(60)58-34-32-44(40-64(58)66)48-28-14-18-42-16-2-4-20-46(42)48/h1-40H. The molecule has 0 spiro atoms. The van der Waals surface area contributed by atoms with Crippen molar-refractivity contribution in [1.82, 2.24) is 9.13 Å². The SMILES string of the molecule is c1ccc2c(-c3ccc4c5ccccc5n(-c5ccc(-c6ccc(-n7c8ccccc8c8ccc(-c9cccc%10ccccc9%10)cc87)c7ccccc67)c6ccccc56)c4c3)cccc2c1. The minimum atomic E-state index is 1.17. The van der Waals surface area contributed by atoms with E-state index in [1.54, 1.807) is 0 Å². The van der Waals surface area contributed by atoms with Crippen molar-refractivity contribution in [3.63, 3.8) is 0 Å². The highest BCUT2D eigenvalue weighted by Crippen LogP contribution is 2.44. The summed E-state index contributed by atoms with van der Waals surface area (Å²) in [4.78, 5) is 0. The zero-order valence-electron chi connectivity index (χ0n) is 36.0. The molecule has 14 rings (SSSR count). The number of benzene rings is 12. The molecular weight excluding hydrogens is 797 g/mol. The Bertz CT molecular complexity index is 4010. The molecule has 0 saturated heterocycles. The molecule has 2 aromatic heterocycles. The third-order valence-corrected chi connectivity index (χ3v) is 14.1. The molecule has 0 saturated carbocycles. The van der Waals surface area contributed by atoms with Crippen molar-refractivity contribution in [2.45, 2.75) is 0 Å². The van der Waals surface area contributed by atoms with E-state index in [0.717, 1.165) is 0 Å². The topological polar surface area (TPSA) is 9.86 Å². The molecule has 2 heterocycles. The Balaban J connectivity index is 0.968. The largest absolute Gasteiger partial charge is 0.309 e. The smallest absolute Gasteiger partial charge is 0.0547 e. The normalized spacial score (nSPS) is 11.9. The maximum atomic E-state index is 2.49. The second kappa shape index (κ2) is 14.4. The third kappa shape index (κ3) is 5.42. The molecule has 306 valence electrons. The van der Waals surface area contributed by atoms with Crippen molar-refractivity contribution < 1.29 is 0 Å². The Labute approximate surface area is 381 Å². The fourth-order valence-corrected chi connectivity index (χ4v) is 11.2. The molecule has 0 atom stereocenters. The summed E-state index contributed by atoms with van der Waals surface area (Å²) in [6.45, 7) is 0. The maximum absolute atomic E-state index is 2.49. The highest BCUT2D eigenvalue weighted by molar-refractivity contribution is 6.16. The minimum Gasteiger partial charge on any atom is -0.309 e. The molecule has 0 amide bonds. The van der Waals surface area contributed by atoms with Crippen LogP contribution < -0.4 is 0 Å². The van der Waals surface area contributed by atoms with Crippen LogP contribution >= 0.6 is 0 Å². The van der Waals surface area contributed by atoms with E-state index in [9.17, 15) is 0 Å². The zero-order chi connectivity index (χ0) is 43.3. The summed E-state index contributed by atoms with van der Waals surface area (Å²) in [5, 5.41) is 14.9. The predicted molar refractivity (Wildman–Crippen MR) is 281 cm³/mol. The lowest BCUT2D eigenvalue weighted by atomic mass is 9.92. The lowest BCUT2D eigenvalue weighted by molar-refractivity contribution is 1.20. The first kappa shape index (κ1) is 36.7. The van der Waals surface area contributed by atoms with Gasteiger partial charge in [0.1, 0.15) is 0 Å². The van der Waals surface area contributed by atoms with Gasteiger partial charge in [-0.2, -0.15) is 0 Å². The van der Waals surface area contributed by atoms with Gasteiger partial charge in [0.15, 0.2) is 0 Å². The highest BCUT2D eigenvalue weighted by atomic mass is 15.0. The van der Waals surface area contributed by atoms with Crippen LogP contribution in [0.15, 0.2) is 243 Å². The van der Waals surface area contributed by atoms with Gasteiger partial charge in [-0.05, 0) is 102 Å². The van der Waals surface area contributed by atoms with Crippen molar-refractivity contribution in [3.8, 4) is 44.8 Å². The molecule has 0 radical (unpaired) electrons. The van der Waals surface area contributed by atoms with Gasteiger partial charge in [0.05, 0.1) is 33.4 Å². The Morgan fingerprint density at radius 2 is 0.545 bits per heavy atom. The predicted octanol–water partition coefficient (Wildman–Crippen LogP) is 17.5. The number of rotatable bonds is 5. The Morgan fingerprint density at radius 1 is 0.197 bits per heavy atom. The van der Waals surface area contributed by atoms with Crippen molar-refractivity contribution in [3.05, 3.63) is 243 Å². The summed E-state index contributed by atoms with van der Waals surface area (Å²) in [6.07, 6.45) is 0. The van der Waals surface area contributed by atoms with Crippen LogP contribution in [0.1, 0.15) is 0 Å². The van der Waals surface area contributed by atoms with Gasteiger partial charge in [0, 0.05) is 32.3 Å². The van der Waals surface area contributed by atoms with Crippen LogP contribution in [0.4, 0.5) is 0 Å². The van der Waals surface area contributed by atoms with Crippen LogP contribution in [0.5, 0.6) is 0 Å². The summed E-state index contributed by atoms with van der Waals surface area (Å²) < 4.78 is 4.97. The number of nitrogens with zero attached hydrogens (tertiary/aromatic N) is 2. The summed E-state index contributed by atoms with van der Waals surface area (Å²) >= 11 is 0. The highest BCUT2D eigenvalue weighted by Gasteiger charge is 2.20. The van der Waals surface area contributed by atoms with Crippen LogP contribution in [0.25, 0.3) is 131 Å². The molecule has 0 aliphatic carbocycles. The van der Waals surface area contributed by atoms with Gasteiger partial charge in [0.2, 0.25) is 0 Å². The van der Waals surface area contributed by atoms with Crippen LogP contribution in [-0.2, 0) is 0 Å². The lowest BCUT2D eigenvalue weighted by Crippen LogP contribution is -1.98. The molecular formula is C64H40N2. The summed E-state index contributed by atoms with van der Waals surface area (Å²) in [5.74, 6) is 0. The summed E-state index contributed by atoms with van der Waals surface area (Å²) in [7, 11) is 0. The van der Waals surface area contributed by atoms with Gasteiger partial charge in [-0.25, -0.2) is 0 Å². The quantitative estimate of drug-likeness (QED) is 0.163. The first-order chi connectivity index (χ1) is 32.8. The first-order valence-electron chi connectivity index (χ1n) is 22.8. The number of hydrogen-bond donors (Lipinski definition) is 0. The fraction of sp³-hybridized carbons (Fsp3) is 0. The zero-order valence-corrected chi connectivity index (χ0v) is 36.0. The summed E-state index contributed by atoms with van der Waals surface area (Å²) in [5.41, 5.74) is 14.5. The van der Waals surface area contributed by atoms with Crippen molar-refractivity contribution >= 4 is 86.7 Å². The Morgan fingerprint density at radius 3 is 1.00 bits per heavy atom. The van der Waals surface area contributed by atoms with Gasteiger partial charge in [0.25, 0.3) is 0 Å². The second-order valence-corrected chi connectivity index (χ2v) is 17.6. The van der Waals surface area contributed by atoms with Crippen LogP contribution in [0.3, 0.4) is 0 Å². The second-order valence-electron chi connectivity index (χ2n) is 17.6. The van der Waals surface area contributed by atoms with E-state index in [4.69, 9.17) is 0 Å². The third-order valence-electron chi connectivity index (χ3n) is 14.1. The number of para-hydroxylation sites is 2. The van der Waals surface area contributed by atoms with Crippen molar-refractivity contribution in [2.75, 3.05) is 0 Å². The Kier molecular flexibility index (Phi) is 8.02. The van der Waals surface area contributed by atoms with Crippen LogP contribution in [0.2, 0.25) is 0 Å². The number of hydrogen-bond acceptors (Lipinski definition) is 0. The van der Waals surface area contributed by atoms with Gasteiger partial charge < -0.3 is 9.13 Å². The maximum Gasteiger partial charge on any atom is 0.0547 e. The molecule has 66 heavy (non-hydrogen) atoms. The van der Waals surface area contributed by atoms with E-state index in [1.165, 1.54) is 131 Å². The number of fused-ring (bicyclic) bond motifs is 10. The molecule has 0 fully saturated rings. The molecule has 0 bridgehead atoms. The molecule has 0 aliphatic heterocycles. The summed E-state index contributed by atoms with van der Waals surface area (Å²) in [6, 6.07) is 89.6. The molecule has 14 aromatic rings. The van der Waals surface area contributed by atoms with E-state index in [-0.39, 0.29) is 0 Å². The van der Waals surface area contributed by atoms with Crippen molar-refractivity contribution in [1.29, 1.82) is 0 Å². The van der Waals surface area contributed by atoms with E-state index >= 15 is 0 Å². The van der Waals surface area contributed by atoms with Crippen LogP contribution in [0, 0.1) is 0 Å². The minimum absolute atomic E-state index is 1.17. The average molecular weight is 837 g/mol.